The number of furan rings is 1. The van der Waals surface area contributed by atoms with Crippen LogP contribution in [0.15, 0.2) is 95.6 Å². The molecule has 10 heteroatoms. The number of amides is 2. The molecule has 0 aliphatic rings. The first-order chi connectivity index (χ1) is 22.3. The third kappa shape index (κ3) is 10.7. The summed E-state index contributed by atoms with van der Waals surface area (Å²) in [5, 5.41) is 15.0. The molecule has 0 aliphatic carbocycles. The van der Waals surface area contributed by atoms with Crippen LogP contribution < -0.4 is 20.1 Å². The van der Waals surface area contributed by atoms with E-state index in [0.717, 1.165) is 12.8 Å². The molecule has 4 aromatic rings. The molecular formula is C36H38N2O8. The lowest BCUT2D eigenvalue weighted by Gasteiger charge is -2.15. The molecule has 2 amide bonds. The average molecular weight is 627 g/mol. The van der Waals surface area contributed by atoms with E-state index in [1.54, 1.807) is 72.8 Å². The average Bonchev–Trinajstić information content (AvgIpc) is 3.56. The molecule has 1 atom stereocenters. The molecule has 0 saturated carbocycles. The third-order valence-electron chi connectivity index (χ3n) is 7.13. The van der Waals surface area contributed by atoms with Gasteiger partial charge < -0.3 is 29.6 Å². The fourth-order valence-electron chi connectivity index (χ4n) is 4.60. The maximum Gasteiger partial charge on any atom is 0.343 e. The zero-order valence-corrected chi connectivity index (χ0v) is 25.7. The molecule has 0 aliphatic heterocycles. The summed E-state index contributed by atoms with van der Waals surface area (Å²) in [4.78, 5) is 49.5. The Morgan fingerprint density at radius 2 is 1.48 bits per heavy atom. The highest BCUT2D eigenvalue weighted by molar-refractivity contribution is 5.98. The van der Waals surface area contributed by atoms with Crippen LogP contribution in [0.3, 0.4) is 0 Å². The summed E-state index contributed by atoms with van der Waals surface area (Å²) in [6.07, 6.45) is 7.33. The van der Waals surface area contributed by atoms with Gasteiger partial charge in [0.05, 0.1) is 24.9 Å². The van der Waals surface area contributed by atoms with Crippen molar-refractivity contribution < 1.29 is 38.2 Å². The topological polar surface area (TPSA) is 144 Å². The second-order valence-corrected chi connectivity index (χ2v) is 10.8. The number of nitrogens with one attached hydrogen (secondary N) is 2. The molecule has 0 bridgehead atoms. The molecule has 0 radical (unpaired) electrons. The Bertz CT molecular complexity index is 1560. The fraction of sp³-hybridized carbons (Fsp3) is 0.278. The van der Waals surface area contributed by atoms with E-state index in [0.29, 0.717) is 40.7 Å². The molecule has 240 valence electrons. The number of carboxylic acids is 1. The van der Waals surface area contributed by atoms with Crippen molar-refractivity contribution in [2.75, 3.05) is 11.9 Å². The Morgan fingerprint density at radius 3 is 2.13 bits per heavy atom. The first-order valence-electron chi connectivity index (χ1n) is 15.3. The Morgan fingerprint density at radius 1 is 0.804 bits per heavy atom. The van der Waals surface area contributed by atoms with Gasteiger partial charge in [0.1, 0.15) is 23.3 Å². The third-order valence-corrected chi connectivity index (χ3v) is 7.13. The van der Waals surface area contributed by atoms with Crippen LogP contribution in [0.5, 0.6) is 11.5 Å². The molecule has 1 unspecified atom stereocenters. The van der Waals surface area contributed by atoms with Gasteiger partial charge in [-0.2, -0.15) is 0 Å². The summed E-state index contributed by atoms with van der Waals surface area (Å²) in [6.45, 7) is 2.81. The normalized spacial score (nSPS) is 11.3. The van der Waals surface area contributed by atoms with E-state index in [2.05, 4.69) is 17.6 Å². The van der Waals surface area contributed by atoms with Crippen LogP contribution in [-0.2, 0) is 22.4 Å². The van der Waals surface area contributed by atoms with Gasteiger partial charge in [-0.1, -0.05) is 44.7 Å². The summed E-state index contributed by atoms with van der Waals surface area (Å²) in [5.41, 5.74) is 1.72. The van der Waals surface area contributed by atoms with E-state index in [1.165, 1.54) is 37.7 Å². The highest BCUT2D eigenvalue weighted by Gasteiger charge is 2.21. The van der Waals surface area contributed by atoms with Crippen LogP contribution in [0, 0.1) is 0 Å². The number of hydrogen-bond donors (Lipinski definition) is 3. The molecule has 0 spiro atoms. The predicted octanol–water partition coefficient (Wildman–Crippen LogP) is 6.45. The lowest BCUT2D eigenvalue weighted by molar-refractivity contribution is -0.139. The lowest BCUT2D eigenvalue weighted by Crippen LogP contribution is -2.42. The largest absolute Gasteiger partial charge is 0.494 e. The van der Waals surface area contributed by atoms with Crippen molar-refractivity contribution in [1.29, 1.82) is 0 Å². The zero-order chi connectivity index (χ0) is 32.7. The van der Waals surface area contributed by atoms with E-state index in [1.807, 2.05) is 0 Å². The van der Waals surface area contributed by atoms with Crippen LogP contribution in [0.4, 0.5) is 5.69 Å². The van der Waals surface area contributed by atoms with Crippen molar-refractivity contribution in [2.45, 2.75) is 57.9 Å². The SMILES string of the molecule is CCCCCCCOc1ccc(C(=O)Oc2ccc(CC(NC(=O)c3ccc(NC(=O)Cc4ccco4)cc3)C(=O)O)cc2)cc1. The van der Waals surface area contributed by atoms with Crippen LogP contribution in [0.1, 0.15) is 71.1 Å². The van der Waals surface area contributed by atoms with Gasteiger partial charge in [0.25, 0.3) is 5.91 Å². The molecule has 1 aromatic heterocycles. The van der Waals surface area contributed by atoms with Crippen molar-refractivity contribution in [2.24, 2.45) is 0 Å². The maximum atomic E-state index is 12.8. The van der Waals surface area contributed by atoms with Gasteiger partial charge in [0, 0.05) is 17.7 Å². The smallest absolute Gasteiger partial charge is 0.343 e. The fourth-order valence-corrected chi connectivity index (χ4v) is 4.60. The van der Waals surface area contributed by atoms with Gasteiger partial charge in [-0.3, -0.25) is 9.59 Å². The molecule has 0 fully saturated rings. The number of anilines is 1. The van der Waals surface area contributed by atoms with E-state index in [-0.39, 0.29) is 24.3 Å². The predicted molar refractivity (Wildman–Crippen MR) is 172 cm³/mol. The van der Waals surface area contributed by atoms with Crippen LogP contribution in [0.2, 0.25) is 0 Å². The van der Waals surface area contributed by atoms with Crippen molar-refractivity contribution in [3.8, 4) is 11.5 Å². The molecule has 1 heterocycles. The number of benzene rings is 3. The Balaban J connectivity index is 1.24. The Hall–Kier alpha value is -5.38. The van der Waals surface area contributed by atoms with Gasteiger partial charge in [-0.25, -0.2) is 9.59 Å². The number of unbranched alkanes of at least 4 members (excludes halogenated alkanes) is 4. The molecule has 3 N–H and O–H groups in total. The molecule has 46 heavy (non-hydrogen) atoms. The summed E-state index contributed by atoms with van der Waals surface area (Å²) < 4.78 is 16.4. The van der Waals surface area contributed by atoms with Gasteiger partial charge in [0.2, 0.25) is 5.91 Å². The summed E-state index contributed by atoms with van der Waals surface area (Å²) >= 11 is 0. The minimum absolute atomic E-state index is 0.0102. The highest BCUT2D eigenvalue weighted by Crippen LogP contribution is 2.18. The lowest BCUT2D eigenvalue weighted by atomic mass is 10.0. The number of carboxylic acid groups (broad SMARTS) is 1. The summed E-state index contributed by atoms with van der Waals surface area (Å²) in [5.74, 6) is -1.06. The standard InChI is InChI=1S/C36H38N2O8/c1-2-3-4-5-6-21-44-29-19-13-27(14-20-29)36(43)46-30-17-9-25(10-18-30)23-32(35(41)42)38-34(40)26-11-15-28(16-12-26)37-33(39)24-31-8-7-22-45-31/h7-20,22,32H,2-6,21,23-24H2,1H3,(H,37,39)(H,38,40)(H,41,42). The maximum absolute atomic E-state index is 12.8. The van der Waals surface area contributed by atoms with Gasteiger partial charge in [-0.05, 0) is 84.8 Å². The van der Waals surface area contributed by atoms with Gasteiger partial charge in [-0.15, -0.1) is 0 Å². The summed E-state index contributed by atoms with van der Waals surface area (Å²) in [6, 6.07) is 21.5. The van der Waals surface area contributed by atoms with E-state index >= 15 is 0 Å². The van der Waals surface area contributed by atoms with Crippen molar-refractivity contribution >= 4 is 29.4 Å². The van der Waals surface area contributed by atoms with E-state index in [4.69, 9.17) is 13.9 Å². The van der Waals surface area contributed by atoms with Crippen LogP contribution in [-0.4, -0.2) is 41.5 Å². The van der Waals surface area contributed by atoms with Crippen molar-refractivity contribution in [3.05, 3.63) is 114 Å². The van der Waals surface area contributed by atoms with Crippen LogP contribution >= 0.6 is 0 Å². The highest BCUT2D eigenvalue weighted by atomic mass is 16.5. The Kier molecular flexibility index (Phi) is 12.5. The monoisotopic (exact) mass is 626 g/mol. The van der Waals surface area contributed by atoms with E-state index in [9.17, 15) is 24.3 Å². The summed E-state index contributed by atoms with van der Waals surface area (Å²) in [7, 11) is 0. The van der Waals surface area contributed by atoms with Crippen molar-refractivity contribution in [3.63, 3.8) is 0 Å². The minimum atomic E-state index is -1.20. The molecular weight excluding hydrogens is 588 g/mol. The number of aliphatic carboxylic acids is 1. The number of carbonyl (C=O) groups excluding carboxylic acids is 3. The molecule has 4 rings (SSSR count). The first kappa shape index (κ1) is 33.5. The number of esters is 1. The second-order valence-electron chi connectivity index (χ2n) is 10.8. The van der Waals surface area contributed by atoms with Gasteiger partial charge in [0.15, 0.2) is 0 Å². The number of carbonyl (C=O) groups is 4. The number of hydrogen-bond acceptors (Lipinski definition) is 7. The Labute approximate surface area is 267 Å². The minimum Gasteiger partial charge on any atom is -0.494 e. The quantitative estimate of drug-likeness (QED) is 0.0689. The molecule has 0 saturated heterocycles. The van der Waals surface area contributed by atoms with E-state index < -0.39 is 23.9 Å². The van der Waals surface area contributed by atoms with Crippen molar-refractivity contribution in [1.82, 2.24) is 5.32 Å². The van der Waals surface area contributed by atoms with Gasteiger partial charge >= 0.3 is 11.9 Å². The number of ether oxygens (including phenoxy) is 2. The second kappa shape index (κ2) is 17.2. The zero-order valence-electron chi connectivity index (χ0n) is 25.7. The molecule has 10 nitrogen and oxygen atoms in total. The number of rotatable bonds is 17. The molecule has 3 aromatic carbocycles. The first-order valence-corrected chi connectivity index (χ1v) is 15.3. The van der Waals surface area contributed by atoms with Crippen LogP contribution in [0.25, 0.3) is 0 Å².